The average molecular weight is 272 g/mol. The number of unbranched alkanes of at least 4 members (excludes halogenated alkanes) is 1. The molecule has 0 N–H and O–H groups in total. The molecule has 0 aliphatic carbocycles. The van der Waals surface area contributed by atoms with Crippen LogP contribution in [0.1, 0.15) is 33.6 Å². The molecule has 0 unspecified atom stereocenters. The highest BCUT2D eigenvalue weighted by molar-refractivity contribution is 6.14. The molecule has 6 heteroatoms. The third kappa shape index (κ3) is 7.96. The highest BCUT2D eigenvalue weighted by Gasteiger charge is 2.20. The maximum Gasteiger partial charge on any atom is 0.345 e. The van der Waals surface area contributed by atoms with E-state index >= 15 is 0 Å². The first-order valence-electron chi connectivity index (χ1n) is 6.20. The molecule has 0 rings (SSSR count). The summed E-state index contributed by atoms with van der Waals surface area (Å²) in [4.78, 5) is 33.7. The van der Waals surface area contributed by atoms with E-state index in [9.17, 15) is 14.4 Å². The Labute approximate surface area is 112 Å². The summed E-state index contributed by atoms with van der Waals surface area (Å²) in [6, 6.07) is 0. The largest absolute Gasteiger partial charge is 0.466 e. The maximum absolute atomic E-state index is 11.6. The fraction of sp³-hybridized carbons (Fsp3) is 0.615. The van der Waals surface area contributed by atoms with E-state index in [2.05, 4.69) is 0 Å². The summed E-state index contributed by atoms with van der Waals surface area (Å²) in [7, 11) is 0. The zero-order valence-electron chi connectivity index (χ0n) is 11.6. The minimum absolute atomic E-state index is 0.119. The van der Waals surface area contributed by atoms with Gasteiger partial charge in [0, 0.05) is 6.92 Å². The number of rotatable bonds is 8. The van der Waals surface area contributed by atoms with Crippen molar-refractivity contribution in [3.05, 3.63) is 11.6 Å². The Morgan fingerprint density at radius 3 is 1.89 bits per heavy atom. The van der Waals surface area contributed by atoms with Crippen molar-refractivity contribution < 1.29 is 28.6 Å². The van der Waals surface area contributed by atoms with Crippen LogP contribution in [0.15, 0.2) is 11.6 Å². The molecule has 0 aromatic carbocycles. The van der Waals surface area contributed by atoms with Gasteiger partial charge in [0.1, 0.15) is 5.57 Å². The Morgan fingerprint density at radius 1 is 0.947 bits per heavy atom. The number of esters is 3. The van der Waals surface area contributed by atoms with Gasteiger partial charge in [-0.1, -0.05) is 6.08 Å². The number of hydrogen-bond acceptors (Lipinski definition) is 6. The van der Waals surface area contributed by atoms with Crippen LogP contribution in [0.25, 0.3) is 0 Å². The molecular formula is C13H20O6. The number of carbonyl (C=O) groups is 3. The third-order valence-electron chi connectivity index (χ3n) is 1.99. The van der Waals surface area contributed by atoms with Crippen LogP contribution in [0.5, 0.6) is 0 Å². The van der Waals surface area contributed by atoms with E-state index in [0.29, 0.717) is 12.8 Å². The third-order valence-corrected chi connectivity index (χ3v) is 1.99. The fourth-order valence-electron chi connectivity index (χ4n) is 1.21. The molecule has 0 fully saturated rings. The molecule has 0 heterocycles. The first kappa shape index (κ1) is 17.2. The van der Waals surface area contributed by atoms with Crippen LogP contribution < -0.4 is 0 Å². The highest BCUT2D eigenvalue weighted by Crippen LogP contribution is 2.06. The summed E-state index contributed by atoms with van der Waals surface area (Å²) in [5.74, 6) is -1.76. The van der Waals surface area contributed by atoms with Crippen molar-refractivity contribution in [2.75, 3.05) is 19.8 Å². The number of ether oxygens (including phenoxy) is 3. The predicted molar refractivity (Wildman–Crippen MR) is 67.2 cm³/mol. The molecule has 6 nitrogen and oxygen atoms in total. The van der Waals surface area contributed by atoms with E-state index in [1.165, 1.54) is 13.0 Å². The van der Waals surface area contributed by atoms with Gasteiger partial charge in [-0.2, -0.15) is 0 Å². The summed E-state index contributed by atoms with van der Waals surface area (Å²) in [6.07, 6.45) is 2.38. The maximum atomic E-state index is 11.6. The molecule has 0 aromatic rings. The van der Waals surface area contributed by atoms with E-state index < -0.39 is 11.9 Å². The molecular weight excluding hydrogens is 252 g/mol. The second kappa shape index (κ2) is 10.1. The quantitative estimate of drug-likeness (QED) is 0.166. The van der Waals surface area contributed by atoms with Crippen LogP contribution >= 0.6 is 0 Å². The first-order valence-corrected chi connectivity index (χ1v) is 6.20. The summed E-state index contributed by atoms with van der Waals surface area (Å²) in [6.45, 7) is 5.23. The topological polar surface area (TPSA) is 78.9 Å². The predicted octanol–water partition coefficient (Wildman–Crippen LogP) is 1.38. The monoisotopic (exact) mass is 272 g/mol. The normalized spacial score (nSPS) is 9.42. The van der Waals surface area contributed by atoms with Gasteiger partial charge in [0.2, 0.25) is 0 Å². The standard InChI is InChI=1S/C13H20O6/c1-4-17-12(15)11(13(16)18-5-2)8-6-7-9-19-10(3)14/h8H,4-7,9H2,1-3H3. The van der Waals surface area contributed by atoms with Crippen molar-refractivity contribution >= 4 is 17.9 Å². The van der Waals surface area contributed by atoms with Gasteiger partial charge in [-0.25, -0.2) is 9.59 Å². The lowest BCUT2D eigenvalue weighted by molar-refractivity contribution is -0.147. The number of carbonyl (C=O) groups excluding carboxylic acids is 3. The lowest BCUT2D eigenvalue weighted by atomic mass is 10.2. The van der Waals surface area contributed by atoms with Crippen molar-refractivity contribution in [3.8, 4) is 0 Å². The van der Waals surface area contributed by atoms with Crippen LogP contribution in [0.3, 0.4) is 0 Å². The molecule has 0 amide bonds. The smallest absolute Gasteiger partial charge is 0.345 e. The highest BCUT2D eigenvalue weighted by atomic mass is 16.6. The second-order valence-corrected chi connectivity index (χ2v) is 3.54. The summed E-state index contributed by atoms with van der Waals surface area (Å²) >= 11 is 0. The molecule has 108 valence electrons. The zero-order chi connectivity index (χ0) is 14.7. The van der Waals surface area contributed by atoms with E-state index in [4.69, 9.17) is 14.2 Å². The van der Waals surface area contributed by atoms with Crippen LogP contribution in [0.2, 0.25) is 0 Å². The Morgan fingerprint density at radius 2 is 1.47 bits per heavy atom. The lowest BCUT2D eigenvalue weighted by Gasteiger charge is -2.06. The number of allylic oxidation sites excluding steroid dienone is 1. The molecule has 0 atom stereocenters. The summed E-state index contributed by atoms with van der Waals surface area (Å²) < 4.78 is 14.3. The van der Waals surface area contributed by atoms with Gasteiger partial charge in [-0.05, 0) is 26.7 Å². The molecule has 0 aliphatic heterocycles. The van der Waals surface area contributed by atoms with Crippen molar-refractivity contribution in [2.45, 2.75) is 33.6 Å². The van der Waals surface area contributed by atoms with Crippen molar-refractivity contribution in [2.24, 2.45) is 0 Å². The molecule has 19 heavy (non-hydrogen) atoms. The Bertz CT molecular complexity index is 325. The minimum atomic E-state index is -0.701. The average Bonchev–Trinajstić information content (AvgIpc) is 2.33. The Balaban J connectivity index is 4.42. The molecule has 0 saturated heterocycles. The lowest BCUT2D eigenvalue weighted by Crippen LogP contribution is -2.18. The second-order valence-electron chi connectivity index (χ2n) is 3.54. The molecule has 0 spiro atoms. The molecule has 0 aromatic heterocycles. The van der Waals surface area contributed by atoms with Gasteiger partial charge in [0.15, 0.2) is 0 Å². The van der Waals surface area contributed by atoms with Crippen LogP contribution in [-0.2, 0) is 28.6 Å². The van der Waals surface area contributed by atoms with Crippen molar-refractivity contribution in [1.82, 2.24) is 0 Å². The zero-order valence-corrected chi connectivity index (χ0v) is 11.6. The summed E-state index contributed by atoms with van der Waals surface area (Å²) in [5, 5.41) is 0. The van der Waals surface area contributed by atoms with Gasteiger partial charge >= 0.3 is 17.9 Å². The van der Waals surface area contributed by atoms with Crippen molar-refractivity contribution in [1.29, 1.82) is 0 Å². The van der Waals surface area contributed by atoms with E-state index in [0.717, 1.165) is 0 Å². The molecule has 0 radical (unpaired) electrons. The first-order chi connectivity index (χ1) is 9.02. The van der Waals surface area contributed by atoms with Crippen LogP contribution in [-0.4, -0.2) is 37.7 Å². The number of hydrogen-bond donors (Lipinski definition) is 0. The minimum Gasteiger partial charge on any atom is -0.466 e. The summed E-state index contributed by atoms with van der Waals surface area (Å²) in [5.41, 5.74) is -0.119. The SMILES string of the molecule is CCOC(=O)C(=CCCCOC(C)=O)C(=O)OCC. The van der Waals surface area contributed by atoms with Crippen LogP contribution in [0, 0.1) is 0 Å². The Hall–Kier alpha value is -1.85. The van der Waals surface area contributed by atoms with Crippen LogP contribution in [0.4, 0.5) is 0 Å². The van der Waals surface area contributed by atoms with Gasteiger partial charge in [-0.15, -0.1) is 0 Å². The van der Waals surface area contributed by atoms with Crippen molar-refractivity contribution in [3.63, 3.8) is 0 Å². The van der Waals surface area contributed by atoms with E-state index in [-0.39, 0.29) is 31.4 Å². The van der Waals surface area contributed by atoms with E-state index in [1.807, 2.05) is 0 Å². The fourth-order valence-corrected chi connectivity index (χ4v) is 1.21. The Kier molecular flexibility index (Phi) is 9.12. The van der Waals surface area contributed by atoms with Gasteiger partial charge in [0.25, 0.3) is 0 Å². The molecule has 0 saturated carbocycles. The van der Waals surface area contributed by atoms with Gasteiger partial charge in [0.05, 0.1) is 19.8 Å². The van der Waals surface area contributed by atoms with Gasteiger partial charge in [-0.3, -0.25) is 4.79 Å². The van der Waals surface area contributed by atoms with E-state index in [1.54, 1.807) is 13.8 Å². The molecule has 0 aliphatic rings. The molecule has 0 bridgehead atoms. The van der Waals surface area contributed by atoms with Gasteiger partial charge < -0.3 is 14.2 Å².